The van der Waals surface area contributed by atoms with Crippen LogP contribution < -0.4 is 15.4 Å². The summed E-state index contributed by atoms with van der Waals surface area (Å²) in [5.74, 6) is -0.250. The van der Waals surface area contributed by atoms with Gasteiger partial charge in [0.25, 0.3) is 0 Å². The number of fused-ring (bicyclic) bond motifs is 1. The molecule has 2 N–H and O–H groups in total. The van der Waals surface area contributed by atoms with Gasteiger partial charge >= 0.3 is 0 Å². The second-order valence-electron chi connectivity index (χ2n) is 6.48. The minimum Gasteiger partial charge on any atom is -0.487 e. The van der Waals surface area contributed by atoms with Gasteiger partial charge in [-0.3, -0.25) is 9.78 Å². The van der Waals surface area contributed by atoms with Crippen molar-refractivity contribution in [3.8, 4) is 5.75 Å². The van der Waals surface area contributed by atoms with Crippen LogP contribution in [0.4, 0.5) is 21.6 Å². The highest BCUT2D eigenvalue weighted by Crippen LogP contribution is 2.34. The van der Waals surface area contributed by atoms with Crippen LogP contribution in [0.2, 0.25) is 0 Å². The molecule has 0 unspecified atom stereocenters. The Morgan fingerprint density at radius 2 is 1.90 bits per heavy atom. The molecular formula is C22H18FN5O2. The maximum atomic E-state index is 15.0. The van der Waals surface area contributed by atoms with Crippen LogP contribution in [0.15, 0.2) is 67.1 Å². The molecule has 0 saturated carbocycles. The molecule has 0 bridgehead atoms. The lowest BCUT2D eigenvalue weighted by Crippen LogP contribution is -2.10. The second-order valence-corrected chi connectivity index (χ2v) is 6.48. The van der Waals surface area contributed by atoms with Crippen LogP contribution >= 0.6 is 0 Å². The van der Waals surface area contributed by atoms with Gasteiger partial charge in [0.15, 0.2) is 5.82 Å². The van der Waals surface area contributed by atoms with Crippen molar-refractivity contribution in [3.63, 3.8) is 0 Å². The Morgan fingerprint density at radius 3 is 2.70 bits per heavy atom. The van der Waals surface area contributed by atoms with Gasteiger partial charge in [-0.05, 0) is 24.3 Å². The van der Waals surface area contributed by atoms with Gasteiger partial charge in [0.2, 0.25) is 5.91 Å². The van der Waals surface area contributed by atoms with Gasteiger partial charge in [0.1, 0.15) is 30.2 Å². The lowest BCUT2D eigenvalue weighted by molar-refractivity contribution is -0.114. The van der Waals surface area contributed by atoms with E-state index in [4.69, 9.17) is 4.74 Å². The molecule has 2 heterocycles. The smallest absolute Gasteiger partial charge is 0.221 e. The molecule has 30 heavy (non-hydrogen) atoms. The van der Waals surface area contributed by atoms with E-state index in [1.54, 1.807) is 24.4 Å². The average molecular weight is 403 g/mol. The third-order valence-corrected chi connectivity index (χ3v) is 4.27. The van der Waals surface area contributed by atoms with E-state index in [0.29, 0.717) is 17.0 Å². The molecule has 2 aromatic carbocycles. The fourth-order valence-corrected chi connectivity index (χ4v) is 2.94. The van der Waals surface area contributed by atoms with Gasteiger partial charge in [0, 0.05) is 30.6 Å². The van der Waals surface area contributed by atoms with Crippen LogP contribution in [0, 0.1) is 5.82 Å². The van der Waals surface area contributed by atoms with Crippen molar-refractivity contribution >= 4 is 34.0 Å². The predicted molar refractivity (Wildman–Crippen MR) is 112 cm³/mol. The van der Waals surface area contributed by atoms with E-state index in [1.165, 1.54) is 19.3 Å². The van der Waals surface area contributed by atoms with E-state index in [9.17, 15) is 4.79 Å². The number of hydrogen-bond acceptors (Lipinski definition) is 6. The Morgan fingerprint density at radius 1 is 1.07 bits per heavy atom. The van der Waals surface area contributed by atoms with Crippen molar-refractivity contribution in [2.45, 2.75) is 13.5 Å². The summed E-state index contributed by atoms with van der Waals surface area (Å²) in [6, 6.07) is 15.6. The molecule has 0 saturated heterocycles. The molecule has 0 fully saturated rings. The largest absolute Gasteiger partial charge is 0.487 e. The molecule has 7 nitrogen and oxygen atoms in total. The number of nitrogens with zero attached hydrogens (tertiary/aromatic N) is 3. The minimum atomic E-state index is -0.597. The van der Waals surface area contributed by atoms with Crippen LogP contribution in [0.25, 0.3) is 10.9 Å². The van der Waals surface area contributed by atoms with Crippen LogP contribution in [-0.4, -0.2) is 20.9 Å². The van der Waals surface area contributed by atoms with Gasteiger partial charge in [-0.15, -0.1) is 0 Å². The van der Waals surface area contributed by atoms with Crippen molar-refractivity contribution in [2.75, 3.05) is 10.6 Å². The number of anilines is 3. The van der Waals surface area contributed by atoms with Crippen LogP contribution in [0.3, 0.4) is 0 Å². The second kappa shape index (κ2) is 8.52. The average Bonchev–Trinajstić information content (AvgIpc) is 2.75. The van der Waals surface area contributed by atoms with E-state index < -0.39 is 5.82 Å². The molecule has 2 aromatic heterocycles. The first kappa shape index (κ1) is 19.3. The molecule has 0 radical (unpaired) electrons. The molecule has 0 atom stereocenters. The highest BCUT2D eigenvalue weighted by atomic mass is 19.1. The van der Waals surface area contributed by atoms with E-state index in [0.717, 1.165) is 5.39 Å². The number of amides is 1. The topological polar surface area (TPSA) is 89.0 Å². The highest BCUT2D eigenvalue weighted by Gasteiger charge is 2.15. The Hall–Kier alpha value is -4.07. The summed E-state index contributed by atoms with van der Waals surface area (Å²) in [7, 11) is 0. The summed E-state index contributed by atoms with van der Waals surface area (Å²) in [6.07, 6.45) is 3.05. The summed E-state index contributed by atoms with van der Waals surface area (Å²) in [5.41, 5.74) is 1.74. The number of carbonyl (C=O) groups is 1. The quantitative estimate of drug-likeness (QED) is 0.495. The van der Waals surface area contributed by atoms with E-state index in [2.05, 4.69) is 25.6 Å². The summed E-state index contributed by atoms with van der Waals surface area (Å²) in [5, 5.41) is 6.35. The SMILES string of the molecule is CC(=O)Nc1cc(OCc2ccccn2)cc(F)c1Nc1ncnc2ccccc12. The zero-order valence-electron chi connectivity index (χ0n) is 16.1. The fraction of sp³-hybridized carbons (Fsp3) is 0.0909. The number of ether oxygens (including phenoxy) is 1. The maximum absolute atomic E-state index is 15.0. The number of carbonyl (C=O) groups excluding carboxylic acids is 1. The molecule has 1 amide bonds. The number of pyridine rings is 1. The van der Waals surface area contributed by atoms with Crippen molar-refractivity contribution in [1.82, 2.24) is 15.0 Å². The predicted octanol–water partition coefficient (Wildman–Crippen LogP) is 4.44. The van der Waals surface area contributed by atoms with E-state index in [1.807, 2.05) is 30.3 Å². The van der Waals surface area contributed by atoms with Crippen molar-refractivity contribution in [2.24, 2.45) is 0 Å². The number of para-hydroxylation sites is 1. The number of nitrogens with one attached hydrogen (secondary N) is 2. The van der Waals surface area contributed by atoms with E-state index >= 15 is 4.39 Å². The molecule has 0 aliphatic heterocycles. The van der Waals surface area contributed by atoms with Crippen molar-refractivity contribution in [1.29, 1.82) is 0 Å². The Bertz CT molecular complexity index is 1200. The fourth-order valence-electron chi connectivity index (χ4n) is 2.94. The molecule has 0 aliphatic rings. The first-order chi connectivity index (χ1) is 14.6. The zero-order chi connectivity index (χ0) is 20.9. The molecule has 4 rings (SSSR count). The third-order valence-electron chi connectivity index (χ3n) is 4.27. The Balaban J connectivity index is 1.67. The number of rotatable bonds is 6. The lowest BCUT2D eigenvalue weighted by Gasteiger charge is -2.16. The molecule has 0 spiro atoms. The van der Waals surface area contributed by atoms with Crippen molar-refractivity contribution in [3.05, 3.63) is 78.6 Å². The number of hydrogen-bond donors (Lipinski definition) is 2. The Kier molecular flexibility index (Phi) is 5.47. The van der Waals surface area contributed by atoms with Crippen LogP contribution in [0.5, 0.6) is 5.75 Å². The molecule has 0 aliphatic carbocycles. The van der Waals surface area contributed by atoms with E-state index in [-0.39, 0.29) is 29.6 Å². The van der Waals surface area contributed by atoms with Gasteiger partial charge in [-0.2, -0.15) is 0 Å². The van der Waals surface area contributed by atoms with Gasteiger partial charge < -0.3 is 15.4 Å². The first-order valence-electron chi connectivity index (χ1n) is 9.21. The summed E-state index contributed by atoms with van der Waals surface area (Å²) in [6.45, 7) is 1.52. The van der Waals surface area contributed by atoms with Gasteiger partial charge in [-0.25, -0.2) is 14.4 Å². The molecule has 8 heteroatoms. The number of aromatic nitrogens is 3. The lowest BCUT2D eigenvalue weighted by atomic mass is 10.2. The third kappa shape index (κ3) is 4.33. The zero-order valence-corrected chi connectivity index (χ0v) is 16.1. The van der Waals surface area contributed by atoms with Gasteiger partial charge in [0.05, 0.1) is 16.9 Å². The first-order valence-corrected chi connectivity index (χ1v) is 9.21. The molecule has 150 valence electrons. The monoisotopic (exact) mass is 403 g/mol. The van der Waals surface area contributed by atoms with Crippen LogP contribution in [0.1, 0.15) is 12.6 Å². The molecular weight excluding hydrogens is 385 g/mol. The minimum absolute atomic E-state index is 0.0826. The normalized spacial score (nSPS) is 10.6. The standard InChI is InChI=1S/C22H18FN5O2/c1-14(29)27-20-11-16(30-12-15-6-4-5-9-24-15)10-18(23)21(20)28-22-17-7-2-3-8-19(17)25-13-26-22/h2-11,13H,12H2,1H3,(H,27,29)(H,25,26,28). The van der Waals surface area contributed by atoms with Crippen LogP contribution in [-0.2, 0) is 11.4 Å². The highest BCUT2D eigenvalue weighted by molar-refractivity contribution is 5.96. The van der Waals surface area contributed by atoms with Gasteiger partial charge in [-0.1, -0.05) is 18.2 Å². The number of benzene rings is 2. The van der Waals surface area contributed by atoms with Crippen molar-refractivity contribution < 1.29 is 13.9 Å². The summed E-state index contributed by atoms with van der Waals surface area (Å²) < 4.78 is 20.7. The number of halogens is 1. The maximum Gasteiger partial charge on any atom is 0.221 e. The summed E-state index contributed by atoms with van der Waals surface area (Å²) >= 11 is 0. The Labute approximate surface area is 172 Å². The molecule has 4 aromatic rings. The summed E-state index contributed by atoms with van der Waals surface area (Å²) in [4.78, 5) is 24.3.